The van der Waals surface area contributed by atoms with Crippen molar-refractivity contribution in [1.29, 1.82) is 0 Å². The minimum atomic E-state index is -4.45. The number of halogens is 3. The third-order valence-electron chi connectivity index (χ3n) is 4.27. The third-order valence-corrected chi connectivity index (χ3v) is 4.27. The quantitative estimate of drug-likeness (QED) is 0.893. The number of carbonyl (C=O) groups excluding carboxylic acids is 2. The minimum absolute atomic E-state index is 0.171. The highest BCUT2D eigenvalue weighted by molar-refractivity contribution is 5.98. The number of hydrogen-bond donors (Lipinski definition) is 1. The first kappa shape index (κ1) is 17.9. The summed E-state index contributed by atoms with van der Waals surface area (Å²) in [6.45, 7) is 2.44. The Bertz CT molecular complexity index is 834. The molecule has 0 unspecified atom stereocenters. The van der Waals surface area contributed by atoms with Crippen LogP contribution in [0.4, 0.5) is 13.2 Å². The van der Waals surface area contributed by atoms with Crippen molar-refractivity contribution >= 4 is 11.8 Å². The molecule has 0 spiro atoms. The smallest absolute Gasteiger partial charge is 0.353 e. The van der Waals surface area contributed by atoms with Gasteiger partial charge in [0.1, 0.15) is 6.04 Å². The largest absolute Gasteiger partial charge is 0.416 e. The lowest BCUT2D eigenvalue weighted by atomic mass is 10.1. The molecule has 2 amide bonds. The summed E-state index contributed by atoms with van der Waals surface area (Å²) in [6.07, 6.45) is -3.34. The number of nitrogens with zero attached hydrogens (tertiary/aromatic N) is 2. The Morgan fingerprint density at radius 2 is 1.92 bits per heavy atom. The summed E-state index contributed by atoms with van der Waals surface area (Å²) in [5.41, 5.74) is 0.222. The van der Waals surface area contributed by atoms with E-state index in [1.807, 2.05) is 0 Å². The summed E-state index contributed by atoms with van der Waals surface area (Å²) in [5, 5.41) is 2.68. The number of aromatic nitrogens is 1. The Balaban J connectivity index is 1.83. The van der Waals surface area contributed by atoms with E-state index in [1.54, 1.807) is 19.1 Å². The Hall–Kier alpha value is -2.90. The maximum Gasteiger partial charge on any atom is 0.416 e. The number of alkyl halides is 3. The van der Waals surface area contributed by atoms with Crippen molar-refractivity contribution in [2.45, 2.75) is 19.1 Å². The van der Waals surface area contributed by atoms with Crippen LogP contribution in [-0.4, -0.2) is 40.8 Å². The second-order valence-electron chi connectivity index (χ2n) is 5.97. The molecule has 2 aromatic rings. The molecule has 26 heavy (non-hydrogen) atoms. The van der Waals surface area contributed by atoms with Crippen LogP contribution < -0.4 is 5.32 Å². The molecular formula is C18H16F3N3O2. The molecule has 8 heteroatoms. The number of amides is 2. The molecule has 1 aromatic heterocycles. The molecule has 1 aromatic carbocycles. The van der Waals surface area contributed by atoms with E-state index in [0.717, 1.165) is 18.3 Å². The summed E-state index contributed by atoms with van der Waals surface area (Å²) < 4.78 is 38.5. The molecule has 0 radical (unpaired) electrons. The maximum absolute atomic E-state index is 12.8. The summed E-state index contributed by atoms with van der Waals surface area (Å²) in [6, 6.07) is 7.45. The number of carbonyl (C=O) groups is 2. The van der Waals surface area contributed by atoms with Crippen molar-refractivity contribution in [3.8, 4) is 11.3 Å². The number of pyridine rings is 1. The van der Waals surface area contributed by atoms with E-state index in [0.29, 0.717) is 24.2 Å². The predicted octanol–water partition coefficient (Wildman–Crippen LogP) is 2.73. The highest BCUT2D eigenvalue weighted by atomic mass is 19.4. The van der Waals surface area contributed by atoms with Crippen LogP contribution in [0, 0.1) is 0 Å². The lowest BCUT2D eigenvalue weighted by molar-refractivity contribution is -0.137. The number of rotatable bonds is 2. The molecule has 1 aliphatic heterocycles. The summed E-state index contributed by atoms with van der Waals surface area (Å²) in [4.78, 5) is 29.7. The van der Waals surface area contributed by atoms with E-state index in [4.69, 9.17) is 0 Å². The summed E-state index contributed by atoms with van der Waals surface area (Å²) >= 11 is 0. The molecule has 5 nitrogen and oxygen atoms in total. The van der Waals surface area contributed by atoms with Crippen LogP contribution in [0.25, 0.3) is 11.3 Å². The number of hydrogen-bond acceptors (Lipinski definition) is 3. The number of piperazine rings is 1. The first-order chi connectivity index (χ1) is 12.3. The van der Waals surface area contributed by atoms with Gasteiger partial charge in [0.25, 0.3) is 5.91 Å². The van der Waals surface area contributed by atoms with Crippen LogP contribution in [0.1, 0.15) is 22.8 Å². The van der Waals surface area contributed by atoms with Gasteiger partial charge in [-0.3, -0.25) is 14.6 Å². The molecule has 0 aliphatic carbocycles. The normalized spacial score (nSPS) is 17.8. The Morgan fingerprint density at radius 1 is 1.23 bits per heavy atom. The zero-order chi connectivity index (χ0) is 18.9. The van der Waals surface area contributed by atoms with Gasteiger partial charge >= 0.3 is 6.18 Å². The summed E-state index contributed by atoms with van der Waals surface area (Å²) in [5.74, 6) is -0.509. The van der Waals surface area contributed by atoms with Crippen molar-refractivity contribution in [1.82, 2.24) is 15.2 Å². The standard InChI is InChI=1S/C18H16F3N3O2/c1-11-16(25)23-8-9-24(11)17(26)13-4-2-12(3-5-13)15-10-14(6-7-22-15)18(19,20)21/h2-7,10-11H,8-9H2,1H3,(H,23,25)/t11-/m1/s1. The first-order valence-corrected chi connectivity index (χ1v) is 8.00. The Labute approximate surface area is 147 Å². The number of nitrogens with one attached hydrogen (secondary N) is 1. The molecule has 1 N–H and O–H groups in total. The van der Waals surface area contributed by atoms with Gasteiger partial charge in [-0.15, -0.1) is 0 Å². The molecule has 136 valence electrons. The molecule has 1 aliphatic rings. The zero-order valence-corrected chi connectivity index (χ0v) is 13.9. The molecule has 1 atom stereocenters. The van der Waals surface area contributed by atoms with Crippen molar-refractivity contribution in [3.05, 3.63) is 53.7 Å². The zero-order valence-electron chi connectivity index (χ0n) is 13.9. The van der Waals surface area contributed by atoms with E-state index < -0.39 is 17.8 Å². The van der Waals surface area contributed by atoms with Crippen molar-refractivity contribution in [2.75, 3.05) is 13.1 Å². The molecule has 1 saturated heterocycles. The fourth-order valence-corrected chi connectivity index (χ4v) is 2.77. The highest BCUT2D eigenvalue weighted by Crippen LogP contribution is 2.31. The first-order valence-electron chi connectivity index (χ1n) is 8.00. The monoisotopic (exact) mass is 363 g/mol. The van der Waals surface area contributed by atoms with Gasteiger partial charge in [-0.05, 0) is 31.2 Å². The SMILES string of the molecule is C[C@@H]1C(=O)NCCN1C(=O)c1ccc(-c2cc(C(F)(F)F)ccn2)cc1. The van der Waals surface area contributed by atoms with Gasteiger partial charge < -0.3 is 10.2 Å². The third kappa shape index (κ3) is 3.54. The topological polar surface area (TPSA) is 62.3 Å². The second kappa shape index (κ2) is 6.78. The summed E-state index contributed by atoms with van der Waals surface area (Å²) in [7, 11) is 0. The van der Waals surface area contributed by atoms with Gasteiger partial charge in [0.15, 0.2) is 0 Å². The molecule has 3 rings (SSSR count). The predicted molar refractivity (Wildman–Crippen MR) is 88.2 cm³/mol. The van der Waals surface area contributed by atoms with E-state index in [9.17, 15) is 22.8 Å². The van der Waals surface area contributed by atoms with Gasteiger partial charge in [-0.25, -0.2) is 0 Å². The number of benzene rings is 1. The molecule has 1 fully saturated rings. The van der Waals surface area contributed by atoms with Crippen LogP contribution >= 0.6 is 0 Å². The average molecular weight is 363 g/mol. The van der Waals surface area contributed by atoms with E-state index in [1.165, 1.54) is 17.0 Å². The second-order valence-corrected chi connectivity index (χ2v) is 5.97. The average Bonchev–Trinajstić information content (AvgIpc) is 2.63. The van der Waals surface area contributed by atoms with Crippen LogP contribution in [-0.2, 0) is 11.0 Å². The lowest BCUT2D eigenvalue weighted by Gasteiger charge is -2.32. The molecule has 2 heterocycles. The fraction of sp³-hybridized carbons (Fsp3) is 0.278. The van der Waals surface area contributed by atoms with E-state index >= 15 is 0 Å². The van der Waals surface area contributed by atoms with Gasteiger partial charge in [0, 0.05) is 30.4 Å². The molecule has 0 saturated carbocycles. The Kier molecular flexibility index (Phi) is 4.67. The van der Waals surface area contributed by atoms with Gasteiger partial charge in [-0.1, -0.05) is 12.1 Å². The fourth-order valence-electron chi connectivity index (χ4n) is 2.77. The highest BCUT2D eigenvalue weighted by Gasteiger charge is 2.31. The van der Waals surface area contributed by atoms with Gasteiger partial charge in [0.05, 0.1) is 11.3 Å². The van der Waals surface area contributed by atoms with Crippen LogP contribution in [0.15, 0.2) is 42.6 Å². The van der Waals surface area contributed by atoms with E-state index in [-0.39, 0.29) is 17.5 Å². The maximum atomic E-state index is 12.8. The Morgan fingerprint density at radius 3 is 2.58 bits per heavy atom. The van der Waals surface area contributed by atoms with E-state index in [2.05, 4.69) is 10.3 Å². The van der Waals surface area contributed by atoms with Crippen molar-refractivity contribution in [2.24, 2.45) is 0 Å². The molecular weight excluding hydrogens is 347 g/mol. The van der Waals surface area contributed by atoms with Crippen LogP contribution in [0.3, 0.4) is 0 Å². The van der Waals surface area contributed by atoms with Gasteiger partial charge in [0.2, 0.25) is 5.91 Å². The lowest BCUT2D eigenvalue weighted by Crippen LogP contribution is -2.55. The van der Waals surface area contributed by atoms with Crippen molar-refractivity contribution < 1.29 is 22.8 Å². The van der Waals surface area contributed by atoms with Gasteiger partial charge in [-0.2, -0.15) is 13.2 Å². The van der Waals surface area contributed by atoms with Crippen LogP contribution in [0.5, 0.6) is 0 Å². The minimum Gasteiger partial charge on any atom is -0.353 e. The van der Waals surface area contributed by atoms with Crippen LogP contribution in [0.2, 0.25) is 0 Å². The van der Waals surface area contributed by atoms with Crippen molar-refractivity contribution in [3.63, 3.8) is 0 Å². The molecule has 0 bridgehead atoms.